The molecule has 1 heterocycles. The second kappa shape index (κ2) is 11.8. The number of carbonyl (C=O) groups is 3. The van der Waals surface area contributed by atoms with Crippen molar-refractivity contribution in [2.24, 2.45) is 5.16 Å². The van der Waals surface area contributed by atoms with E-state index < -0.39 is 29.4 Å². The molecule has 3 aromatic carbocycles. The average Bonchev–Trinajstić information content (AvgIpc) is 3.27. The molecule has 8 nitrogen and oxygen atoms in total. The second-order valence-electron chi connectivity index (χ2n) is 8.95. The number of nitrogens with zero attached hydrogens (tertiary/aromatic N) is 1. The van der Waals surface area contributed by atoms with Crippen molar-refractivity contribution in [1.82, 2.24) is 5.32 Å². The van der Waals surface area contributed by atoms with Crippen molar-refractivity contribution >= 4 is 75.6 Å². The fraction of sp³-hybridized carbons (Fsp3) is 0.185. The molecule has 0 fully saturated rings. The lowest BCUT2D eigenvalue weighted by Crippen LogP contribution is -2.51. The highest BCUT2D eigenvalue weighted by Crippen LogP contribution is 2.33. The van der Waals surface area contributed by atoms with E-state index in [2.05, 4.69) is 15.8 Å². The van der Waals surface area contributed by atoms with Gasteiger partial charge in [0, 0.05) is 24.1 Å². The molecule has 4 rings (SSSR count). The quantitative estimate of drug-likeness (QED) is 0.279. The molecular formula is C27H21Cl4N3O5. The van der Waals surface area contributed by atoms with Crippen LogP contribution >= 0.6 is 46.4 Å². The normalized spacial score (nSPS) is 17.1. The molecule has 0 spiro atoms. The summed E-state index contributed by atoms with van der Waals surface area (Å²) in [5.41, 5.74) is 0.575. The van der Waals surface area contributed by atoms with Gasteiger partial charge in [-0.25, -0.2) is 4.79 Å². The van der Waals surface area contributed by atoms with Crippen molar-refractivity contribution in [2.75, 3.05) is 5.32 Å². The molecule has 1 aliphatic heterocycles. The van der Waals surface area contributed by atoms with Crippen LogP contribution in [0, 0.1) is 0 Å². The first-order chi connectivity index (χ1) is 18.5. The highest BCUT2D eigenvalue weighted by molar-refractivity contribution is 6.41. The van der Waals surface area contributed by atoms with Gasteiger partial charge < -0.3 is 20.6 Å². The Bertz CT molecular complexity index is 1440. The third kappa shape index (κ3) is 6.47. The zero-order valence-electron chi connectivity index (χ0n) is 20.3. The first kappa shape index (κ1) is 28.7. The standard InChI is InChI=1S/C27H21Cl4N3O5/c1-27(13-21(34-39-27)22-16(28)4-2-5-17(22)29)26(38)33-20(25(36)37)12-14-8-10-15(11-9-14)32-24(35)23-18(30)6-3-7-19(23)31/h2-11,20H,12-13H2,1H3,(H,32,35)(H,33,38)(H,36,37)/t20?,27-/m0/s1. The number of rotatable bonds is 8. The van der Waals surface area contributed by atoms with Crippen LogP contribution in [0.5, 0.6) is 0 Å². The summed E-state index contributed by atoms with van der Waals surface area (Å²) in [5, 5.41) is 20.1. The van der Waals surface area contributed by atoms with E-state index in [1.165, 1.54) is 6.92 Å². The number of carboxylic acid groups (broad SMARTS) is 1. The molecule has 2 amide bonds. The smallest absolute Gasteiger partial charge is 0.326 e. The molecule has 39 heavy (non-hydrogen) atoms. The van der Waals surface area contributed by atoms with Gasteiger partial charge in [-0.05, 0) is 48.9 Å². The highest BCUT2D eigenvalue weighted by atomic mass is 35.5. The lowest BCUT2D eigenvalue weighted by atomic mass is 9.94. The average molecular weight is 609 g/mol. The van der Waals surface area contributed by atoms with Crippen LogP contribution in [-0.4, -0.2) is 40.2 Å². The van der Waals surface area contributed by atoms with Crippen molar-refractivity contribution in [3.05, 3.63) is 97.4 Å². The van der Waals surface area contributed by atoms with Gasteiger partial charge in [0.1, 0.15) is 6.04 Å². The maximum absolute atomic E-state index is 13.1. The Kier molecular flexibility index (Phi) is 8.71. The summed E-state index contributed by atoms with van der Waals surface area (Å²) in [6, 6.07) is 14.9. The number of amides is 2. The fourth-order valence-electron chi connectivity index (χ4n) is 3.95. The molecular weight excluding hydrogens is 588 g/mol. The summed E-state index contributed by atoms with van der Waals surface area (Å²) in [7, 11) is 0. The van der Waals surface area contributed by atoms with E-state index in [1.54, 1.807) is 60.7 Å². The van der Waals surface area contributed by atoms with Gasteiger partial charge in [-0.1, -0.05) is 75.8 Å². The molecule has 1 unspecified atom stereocenters. The minimum Gasteiger partial charge on any atom is -0.480 e. The molecule has 0 radical (unpaired) electrons. The van der Waals surface area contributed by atoms with Crippen molar-refractivity contribution < 1.29 is 24.3 Å². The van der Waals surface area contributed by atoms with Gasteiger partial charge in [-0.15, -0.1) is 0 Å². The summed E-state index contributed by atoms with van der Waals surface area (Å²) >= 11 is 24.7. The summed E-state index contributed by atoms with van der Waals surface area (Å²) < 4.78 is 0. The molecule has 0 aromatic heterocycles. The maximum Gasteiger partial charge on any atom is 0.326 e. The molecule has 3 N–H and O–H groups in total. The van der Waals surface area contributed by atoms with Crippen LogP contribution in [0.1, 0.15) is 34.8 Å². The van der Waals surface area contributed by atoms with Crippen LogP contribution in [0.25, 0.3) is 0 Å². The molecule has 202 valence electrons. The van der Waals surface area contributed by atoms with Crippen LogP contribution in [0.4, 0.5) is 5.69 Å². The van der Waals surface area contributed by atoms with Crippen LogP contribution in [0.15, 0.2) is 65.8 Å². The summed E-state index contributed by atoms with van der Waals surface area (Å²) in [6.45, 7) is 1.51. The zero-order valence-corrected chi connectivity index (χ0v) is 23.3. The van der Waals surface area contributed by atoms with Crippen molar-refractivity contribution in [2.45, 2.75) is 31.4 Å². The number of carboxylic acids is 1. The van der Waals surface area contributed by atoms with Gasteiger partial charge >= 0.3 is 5.97 Å². The van der Waals surface area contributed by atoms with E-state index >= 15 is 0 Å². The number of hydrogen-bond donors (Lipinski definition) is 3. The summed E-state index contributed by atoms with van der Waals surface area (Å²) in [5.74, 6) is -2.37. The van der Waals surface area contributed by atoms with E-state index in [9.17, 15) is 19.5 Å². The van der Waals surface area contributed by atoms with Gasteiger partial charge in [-0.3, -0.25) is 9.59 Å². The van der Waals surface area contributed by atoms with E-state index in [4.69, 9.17) is 51.2 Å². The number of benzene rings is 3. The summed E-state index contributed by atoms with van der Waals surface area (Å²) in [4.78, 5) is 43.1. The van der Waals surface area contributed by atoms with Crippen molar-refractivity contribution in [3.63, 3.8) is 0 Å². The number of aliphatic carboxylic acids is 1. The Labute approximate surface area is 243 Å². The number of halogens is 4. The third-order valence-electron chi connectivity index (χ3n) is 6.04. The third-order valence-corrected chi connectivity index (χ3v) is 7.30. The molecule has 0 saturated heterocycles. The van der Waals surface area contributed by atoms with E-state index in [0.717, 1.165) is 0 Å². The number of carbonyl (C=O) groups excluding carboxylic acids is 2. The first-order valence-electron chi connectivity index (χ1n) is 11.6. The number of oxime groups is 1. The predicted molar refractivity (Wildman–Crippen MR) is 151 cm³/mol. The number of hydrogen-bond acceptors (Lipinski definition) is 5. The molecule has 2 atom stereocenters. The van der Waals surface area contributed by atoms with Crippen LogP contribution in [0.2, 0.25) is 20.1 Å². The molecule has 3 aromatic rings. The van der Waals surface area contributed by atoms with E-state index in [0.29, 0.717) is 32.6 Å². The predicted octanol–water partition coefficient (Wildman–Crippen LogP) is 6.25. The van der Waals surface area contributed by atoms with Crippen LogP contribution < -0.4 is 10.6 Å². The van der Waals surface area contributed by atoms with Gasteiger partial charge in [0.15, 0.2) is 0 Å². The number of anilines is 1. The zero-order chi connectivity index (χ0) is 28.3. The van der Waals surface area contributed by atoms with Gasteiger partial charge in [0.2, 0.25) is 5.60 Å². The van der Waals surface area contributed by atoms with Gasteiger partial charge in [0.25, 0.3) is 11.8 Å². The van der Waals surface area contributed by atoms with E-state index in [1.807, 2.05) is 0 Å². The van der Waals surface area contributed by atoms with Crippen LogP contribution in [-0.2, 0) is 20.8 Å². The summed E-state index contributed by atoms with van der Waals surface area (Å²) in [6.07, 6.45) is 0.0181. The Hall–Kier alpha value is -3.30. The topological polar surface area (TPSA) is 117 Å². The minimum absolute atomic E-state index is 0.0220. The highest BCUT2D eigenvalue weighted by Gasteiger charge is 2.44. The van der Waals surface area contributed by atoms with Gasteiger partial charge in [-0.2, -0.15) is 0 Å². The molecule has 0 aliphatic carbocycles. The molecule has 1 aliphatic rings. The SMILES string of the molecule is C[C@@]1(C(=O)NC(Cc2ccc(NC(=O)c3c(Cl)cccc3Cl)cc2)C(=O)O)CC(c2c(Cl)cccc2Cl)=NO1. The number of nitrogens with one attached hydrogen (secondary N) is 2. The van der Waals surface area contributed by atoms with Crippen LogP contribution in [0.3, 0.4) is 0 Å². The van der Waals surface area contributed by atoms with E-state index in [-0.39, 0.29) is 28.5 Å². The monoisotopic (exact) mass is 607 g/mol. The maximum atomic E-state index is 13.1. The van der Waals surface area contributed by atoms with Crippen molar-refractivity contribution in [1.29, 1.82) is 0 Å². The van der Waals surface area contributed by atoms with Crippen molar-refractivity contribution in [3.8, 4) is 0 Å². The Balaban J connectivity index is 1.40. The first-order valence-corrected chi connectivity index (χ1v) is 13.1. The molecule has 0 bridgehead atoms. The lowest BCUT2D eigenvalue weighted by Gasteiger charge is -2.23. The lowest BCUT2D eigenvalue weighted by molar-refractivity contribution is -0.148. The minimum atomic E-state index is -1.46. The second-order valence-corrected chi connectivity index (χ2v) is 10.6. The molecule has 0 saturated carbocycles. The van der Waals surface area contributed by atoms with Gasteiger partial charge in [0.05, 0.1) is 31.4 Å². The Morgan fingerprint density at radius 2 is 1.51 bits per heavy atom. The Morgan fingerprint density at radius 3 is 2.08 bits per heavy atom. The fourth-order valence-corrected chi connectivity index (χ4v) is 5.13. The molecule has 12 heteroatoms. The largest absolute Gasteiger partial charge is 0.480 e. The Morgan fingerprint density at radius 1 is 0.949 bits per heavy atom.